The number of fused-ring (bicyclic) bond motifs is 17. The molecule has 0 aliphatic heterocycles. The third-order valence-corrected chi connectivity index (χ3v) is 31.5. The van der Waals surface area contributed by atoms with E-state index < -0.39 is 34.9 Å². The zero-order valence-electron chi connectivity index (χ0n) is 75.7. The van der Waals surface area contributed by atoms with E-state index in [0.29, 0.717) is 167 Å². The summed E-state index contributed by atoms with van der Waals surface area (Å²) in [6.07, 6.45) is 34.9. The summed E-state index contributed by atoms with van der Waals surface area (Å²) in [5.74, 6) is 7.17. The summed E-state index contributed by atoms with van der Waals surface area (Å²) in [6, 6.07) is 37.6. The van der Waals surface area contributed by atoms with Crippen molar-refractivity contribution in [3.8, 4) is 90.6 Å². The number of aromatic nitrogens is 17. The van der Waals surface area contributed by atoms with Crippen molar-refractivity contribution < 1.29 is 35.2 Å². The van der Waals surface area contributed by atoms with Crippen LogP contribution in [0.5, 0.6) is 0 Å². The highest BCUT2D eigenvalue weighted by molar-refractivity contribution is 5.98. The van der Waals surface area contributed by atoms with E-state index in [1.807, 2.05) is 109 Å². The number of halogens is 7. The fourth-order valence-corrected chi connectivity index (χ4v) is 23.9. The van der Waals surface area contributed by atoms with Gasteiger partial charge in [-0.3, -0.25) is 0 Å². The van der Waals surface area contributed by atoms with Crippen molar-refractivity contribution in [2.24, 2.45) is 78.1 Å². The van der Waals surface area contributed by atoms with Gasteiger partial charge >= 0.3 is 0 Å². The Kier molecular flexibility index (Phi) is 23.1. The van der Waals surface area contributed by atoms with Crippen molar-refractivity contribution in [3.63, 3.8) is 0 Å². The van der Waals surface area contributed by atoms with Gasteiger partial charge in [0, 0.05) is 117 Å². The Bertz CT molecular complexity index is 7220. The van der Waals surface area contributed by atoms with Crippen molar-refractivity contribution >= 4 is 78.4 Å². The zero-order chi connectivity index (χ0) is 92.1. The number of aromatic amines is 4. The number of hydrogen-bond acceptors (Lipinski definition) is 17. The highest BCUT2D eigenvalue weighted by Crippen LogP contribution is 2.52. The quantitative estimate of drug-likeness (QED) is 0.0417. The number of anilines is 4. The summed E-state index contributed by atoms with van der Waals surface area (Å²) in [4.78, 5) is 66.3. The molecule has 688 valence electrons. The Morgan fingerprint density at radius 1 is 0.341 bits per heavy atom. The van der Waals surface area contributed by atoms with Crippen molar-refractivity contribution in [2.75, 3.05) is 21.3 Å². The minimum absolute atomic E-state index is 0.0786. The maximum atomic E-state index is 16.2. The second-order valence-electron chi connectivity index (χ2n) is 38.8. The Balaban J connectivity index is 0.000000105. The number of benzene rings is 3. The van der Waals surface area contributed by atoms with E-state index in [-0.39, 0.29) is 64.3 Å². The molecule has 8 unspecified atom stereocenters. The molecule has 0 amide bonds. The summed E-state index contributed by atoms with van der Waals surface area (Å²) in [5, 5.41) is 17.7. The first-order chi connectivity index (χ1) is 65.7. The second kappa shape index (κ2) is 35.9. The number of pyridine rings is 4. The van der Waals surface area contributed by atoms with Crippen LogP contribution in [0.25, 0.3) is 146 Å². The van der Waals surface area contributed by atoms with Gasteiger partial charge in [-0.05, 0) is 234 Å². The van der Waals surface area contributed by atoms with E-state index in [1.165, 1.54) is 114 Å². The second-order valence-corrected chi connectivity index (χ2v) is 38.8. The Morgan fingerprint density at radius 3 is 1.10 bits per heavy atom. The van der Waals surface area contributed by atoms with Crippen molar-refractivity contribution in [1.29, 1.82) is 0 Å². The third-order valence-electron chi connectivity index (χ3n) is 31.5. The molecule has 12 fully saturated rings. The lowest BCUT2D eigenvalue weighted by Crippen LogP contribution is -2.47. The standard InChI is InChI=1S/C32H29F2N5.C26H25F2N5.C24H23F2N5O.C24H27FN6/c1-18-19-7-11-22(12-8-19)28(18)37-32-27(34)29(23-13-9-21(10-14-23)20-5-3-2-4-6-20)38-31(39-32)26-17-36-30-25(26)15-24(33)16-35-30;1-14-15-7-9-17(10-8-15)22(14)31-26-21(28)23(16-5-3-2-4-6-16)32-25(33-26)20-13-30-24-19(20)11-18(27)12-29-24;1-12-13-4-6-14(7-5-13)20(12)29-24-19(26)21(18-3-2-8-32-18)30-23(31-24)17-11-28-22-16(17)9-15(25)10-27-22;1-12-14-4-6-15(7-5-14)20(12)28-21-16-8-9-31(3)24(16)30-22(29-21)17-10-26-23-19(17)13(2)18(25)11-27-23/h2-6,9-10,13-19,22,28H,7-8,11-12H2,1H3,(H,35,36)(H,37,38,39);2-6,11-15,17,22H,7-10H2,1H3,(H,29,30)(H,31,32,33);2-3,8-14,20H,4-7H2,1H3,(H,27,28)(H,29,30,31);8-12,14-15,20H,4-7H2,1-3H3,(H,26,27)(H,28,29,30). The van der Waals surface area contributed by atoms with Gasteiger partial charge in [-0.25, -0.2) is 90.5 Å². The van der Waals surface area contributed by atoms with Crippen LogP contribution in [0.2, 0.25) is 0 Å². The first kappa shape index (κ1) is 86.7. The number of rotatable bonds is 16. The SMILES string of the molecule is CC1C2CCC(CC2)C1Nc1nc(-c2c[nH]c3ncc(F)cc23)nc(-c2ccc(-c3ccccc3)cc2)c1F.CC1C2CCC(CC2)C1Nc1nc(-c2c[nH]c3ncc(F)cc23)nc(-c2ccccc2)c1F.CC1C2CCC(CC2)C1Nc1nc(-c2c[nH]c3ncc(F)cc23)nc(-c2ccco2)c1F.Cc1c(F)cnc2[nH]cc(-c3nc(NC4C5CCC(CC5)C4C)c4ccn(C)c4n3)c12. The molecule has 29 rings (SSSR count). The van der Waals surface area contributed by atoms with Crippen LogP contribution in [0.4, 0.5) is 54.0 Å². The van der Waals surface area contributed by atoms with Crippen molar-refractivity contribution in [1.82, 2.24) is 84.3 Å². The number of aryl methyl sites for hydroxylation is 2. The van der Waals surface area contributed by atoms with Gasteiger partial charge in [0.1, 0.15) is 74.4 Å². The zero-order valence-corrected chi connectivity index (χ0v) is 75.7. The molecule has 12 saturated carbocycles. The Morgan fingerprint density at radius 2 is 0.681 bits per heavy atom. The largest absolute Gasteiger partial charge is 0.463 e. The molecule has 29 heteroatoms. The van der Waals surface area contributed by atoms with E-state index in [9.17, 15) is 17.6 Å². The Hall–Kier alpha value is -13.7. The van der Waals surface area contributed by atoms with E-state index in [0.717, 1.165) is 82.9 Å². The van der Waals surface area contributed by atoms with Crippen molar-refractivity contribution in [2.45, 2.75) is 162 Å². The summed E-state index contributed by atoms with van der Waals surface area (Å²) < 4.78 is 111. The van der Waals surface area contributed by atoms with Crippen LogP contribution in [-0.2, 0) is 7.05 Å². The summed E-state index contributed by atoms with van der Waals surface area (Å²) in [5.41, 5.74) is 10.2. The lowest BCUT2D eigenvalue weighted by molar-refractivity contribution is 0.0926. The molecule has 14 heterocycles. The average molecular weight is 1820 g/mol. The molecule has 0 saturated heterocycles. The monoisotopic (exact) mass is 1820 g/mol. The normalized spacial score (nSPS) is 24.2. The van der Waals surface area contributed by atoms with Gasteiger partial charge < -0.3 is 50.2 Å². The van der Waals surface area contributed by atoms with Crippen LogP contribution in [0, 0.1) is 119 Å². The fraction of sp³-hybridized carbons (Fsp3) is 0.358. The summed E-state index contributed by atoms with van der Waals surface area (Å²) >= 11 is 0. The van der Waals surface area contributed by atoms with Gasteiger partial charge in [-0.1, -0.05) is 113 Å². The first-order valence-corrected chi connectivity index (χ1v) is 47.6. The highest BCUT2D eigenvalue weighted by Gasteiger charge is 2.46. The molecule has 0 spiro atoms. The molecule has 17 aromatic rings. The predicted octanol–water partition coefficient (Wildman–Crippen LogP) is 25.1. The highest BCUT2D eigenvalue weighted by atomic mass is 19.2. The van der Waals surface area contributed by atoms with Gasteiger partial charge in [0.15, 0.2) is 64.0 Å². The molecular formula is C106H104F7N21O. The molecule has 8 N–H and O–H groups in total. The lowest BCUT2D eigenvalue weighted by atomic mass is 9.62. The predicted molar refractivity (Wildman–Crippen MR) is 511 cm³/mol. The molecule has 22 nitrogen and oxygen atoms in total. The molecule has 14 aromatic heterocycles. The van der Waals surface area contributed by atoms with E-state index >= 15 is 13.2 Å². The molecule has 12 aliphatic carbocycles. The fourth-order valence-electron chi connectivity index (χ4n) is 23.9. The molecule has 3 aromatic carbocycles. The molecule has 8 bridgehead atoms. The van der Waals surface area contributed by atoms with Crippen molar-refractivity contribution in [3.05, 3.63) is 230 Å². The topological polar surface area (TPSA) is 284 Å². The van der Waals surface area contributed by atoms with Crippen LogP contribution >= 0.6 is 0 Å². The van der Waals surface area contributed by atoms with Gasteiger partial charge in [0.05, 0.1) is 36.4 Å². The number of hydrogen-bond donors (Lipinski definition) is 8. The van der Waals surface area contributed by atoms with E-state index in [4.69, 9.17) is 24.4 Å². The number of nitrogens with zero attached hydrogens (tertiary/aromatic N) is 13. The lowest BCUT2D eigenvalue weighted by Gasteiger charge is -2.47. The molecule has 8 atom stereocenters. The summed E-state index contributed by atoms with van der Waals surface area (Å²) in [6.45, 7) is 10.9. The third kappa shape index (κ3) is 16.4. The van der Waals surface area contributed by atoms with Crippen LogP contribution in [-0.4, -0.2) is 108 Å². The smallest absolute Gasteiger partial charge is 0.194 e. The maximum Gasteiger partial charge on any atom is 0.194 e. The average Bonchev–Trinajstić information content (AvgIpc) is 1.63. The maximum absolute atomic E-state index is 16.2. The number of H-pyrrole nitrogens is 4. The van der Waals surface area contributed by atoms with E-state index in [1.54, 1.807) is 37.6 Å². The minimum atomic E-state index is -0.540. The van der Waals surface area contributed by atoms with Gasteiger partial charge in [-0.15, -0.1) is 0 Å². The number of nitrogens with one attached hydrogen (secondary N) is 8. The van der Waals surface area contributed by atoms with Crippen LogP contribution in [0.15, 0.2) is 188 Å². The summed E-state index contributed by atoms with van der Waals surface area (Å²) in [7, 11) is 2.00. The minimum Gasteiger partial charge on any atom is -0.463 e. The number of furan rings is 1. The van der Waals surface area contributed by atoms with Gasteiger partial charge in [0.2, 0.25) is 0 Å². The molecular weight excluding hydrogens is 1720 g/mol. The first-order valence-electron chi connectivity index (χ1n) is 47.6. The van der Waals surface area contributed by atoms with Crippen LogP contribution in [0.3, 0.4) is 0 Å². The molecule has 0 radical (unpaired) electrons. The van der Waals surface area contributed by atoms with Crippen LogP contribution in [0.1, 0.15) is 136 Å². The van der Waals surface area contributed by atoms with Crippen LogP contribution < -0.4 is 21.3 Å². The molecule has 12 aliphatic rings. The Labute approximate surface area is 774 Å². The van der Waals surface area contributed by atoms with E-state index in [2.05, 4.69) is 115 Å². The molecule has 135 heavy (non-hydrogen) atoms. The van der Waals surface area contributed by atoms with Gasteiger partial charge in [0.25, 0.3) is 0 Å². The van der Waals surface area contributed by atoms with Gasteiger partial charge in [-0.2, -0.15) is 0 Å².